The number of nitrogens with zero attached hydrogens (tertiary/aromatic N) is 2. The molecule has 17 heavy (non-hydrogen) atoms. The van der Waals surface area contributed by atoms with Crippen LogP contribution in [0.2, 0.25) is 0 Å². The van der Waals surface area contributed by atoms with Gasteiger partial charge in [-0.1, -0.05) is 6.07 Å². The highest BCUT2D eigenvalue weighted by atomic mass is 32.1. The lowest BCUT2D eigenvalue weighted by molar-refractivity contribution is -0.133. The molecule has 1 aliphatic heterocycles. The molecule has 1 amide bonds. The molecule has 1 aromatic rings. The van der Waals surface area contributed by atoms with Crippen molar-refractivity contribution in [2.45, 2.75) is 25.3 Å². The first-order valence-corrected chi connectivity index (χ1v) is 7.04. The van der Waals surface area contributed by atoms with Gasteiger partial charge in [0.25, 0.3) is 0 Å². The maximum atomic E-state index is 12.0. The zero-order valence-electron chi connectivity index (χ0n) is 10.6. The van der Waals surface area contributed by atoms with Gasteiger partial charge in [-0.15, -0.1) is 11.3 Å². The Balaban J connectivity index is 1.89. The third kappa shape index (κ3) is 3.07. The summed E-state index contributed by atoms with van der Waals surface area (Å²) in [6.45, 7) is 2.07. The summed E-state index contributed by atoms with van der Waals surface area (Å²) >= 11 is 1.80. The summed E-state index contributed by atoms with van der Waals surface area (Å²) in [5, 5.41) is 2.11. The van der Waals surface area contributed by atoms with Crippen LogP contribution in [0.5, 0.6) is 0 Å². The van der Waals surface area contributed by atoms with Crippen molar-refractivity contribution in [2.24, 2.45) is 0 Å². The lowest BCUT2D eigenvalue weighted by Gasteiger charge is -2.25. The first kappa shape index (κ1) is 12.6. The van der Waals surface area contributed by atoms with E-state index >= 15 is 0 Å². The van der Waals surface area contributed by atoms with E-state index in [9.17, 15) is 4.79 Å². The van der Waals surface area contributed by atoms with Crippen LogP contribution in [0, 0.1) is 0 Å². The molecule has 1 saturated heterocycles. The van der Waals surface area contributed by atoms with Crippen LogP contribution < -0.4 is 0 Å². The van der Waals surface area contributed by atoms with Crippen LogP contribution in [-0.4, -0.2) is 48.9 Å². The fraction of sp³-hybridized carbons (Fsp3) is 0.615. The van der Waals surface area contributed by atoms with Gasteiger partial charge in [0.1, 0.15) is 0 Å². The summed E-state index contributed by atoms with van der Waals surface area (Å²) < 4.78 is 0. The Labute approximate surface area is 107 Å². The molecule has 94 valence electrons. The molecule has 0 N–H and O–H groups in total. The highest BCUT2D eigenvalue weighted by Crippen LogP contribution is 2.20. The quantitative estimate of drug-likeness (QED) is 0.816. The van der Waals surface area contributed by atoms with Crippen LogP contribution in [-0.2, 0) is 11.2 Å². The standard InChI is InChI=1S/C13H20N2OS/c1-14(2)13(16)12-6-3-8-15(12)9-7-11-5-4-10-17-11/h4-5,10,12H,3,6-9H2,1-2H3/t12-/m0/s1. The Hall–Kier alpha value is -0.870. The highest BCUT2D eigenvalue weighted by Gasteiger charge is 2.31. The molecule has 0 aromatic carbocycles. The molecule has 0 spiro atoms. The highest BCUT2D eigenvalue weighted by molar-refractivity contribution is 7.09. The summed E-state index contributed by atoms with van der Waals surface area (Å²) in [7, 11) is 3.69. The number of carbonyl (C=O) groups is 1. The zero-order valence-corrected chi connectivity index (χ0v) is 11.4. The molecule has 2 rings (SSSR count). The number of likely N-dealkylation sites (tertiary alicyclic amines) is 1. The Kier molecular flexibility index (Phi) is 4.18. The van der Waals surface area contributed by atoms with E-state index in [-0.39, 0.29) is 11.9 Å². The van der Waals surface area contributed by atoms with Crippen molar-refractivity contribution in [3.8, 4) is 0 Å². The third-order valence-electron chi connectivity index (χ3n) is 3.32. The predicted molar refractivity (Wildman–Crippen MR) is 71.3 cm³/mol. The number of hydrogen-bond donors (Lipinski definition) is 0. The van der Waals surface area contributed by atoms with Crippen molar-refractivity contribution >= 4 is 17.2 Å². The van der Waals surface area contributed by atoms with E-state index < -0.39 is 0 Å². The van der Waals surface area contributed by atoms with Crippen LogP contribution in [0.25, 0.3) is 0 Å². The third-order valence-corrected chi connectivity index (χ3v) is 4.25. The second kappa shape index (κ2) is 5.65. The Morgan fingerprint density at radius 3 is 3.06 bits per heavy atom. The second-order valence-corrected chi connectivity index (χ2v) is 5.79. The van der Waals surface area contributed by atoms with Crippen LogP contribution in [0.15, 0.2) is 17.5 Å². The van der Waals surface area contributed by atoms with Crippen molar-refractivity contribution in [1.29, 1.82) is 0 Å². The summed E-state index contributed by atoms with van der Waals surface area (Å²) in [6.07, 6.45) is 3.23. The Morgan fingerprint density at radius 1 is 1.59 bits per heavy atom. The van der Waals surface area contributed by atoms with Crippen molar-refractivity contribution in [3.05, 3.63) is 22.4 Å². The molecule has 1 fully saturated rings. The van der Waals surface area contributed by atoms with Gasteiger partial charge in [-0.3, -0.25) is 9.69 Å². The van der Waals surface area contributed by atoms with Crippen molar-refractivity contribution < 1.29 is 4.79 Å². The topological polar surface area (TPSA) is 23.6 Å². The molecule has 0 unspecified atom stereocenters. The maximum Gasteiger partial charge on any atom is 0.239 e. The average molecular weight is 252 g/mol. The second-order valence-electron chi connectivity index (χ2n) is 4.76. The van der Waals surface area contributed by atoms with E-state index in [0.717, 1.165) is 32.4 Å². The number of carbonyl (C=O) groups excluding carboxylic acids is 1. The summed E-state index contributed by atoms with van der Waals surface area (Å²) in [5.41, 5.74) is 0. The normalized spacial score (nSPS) is 20.7. The predicted octanol–water partition coefficient (Wildman–Crippen LogP) is 1.84. The molecule has 0 radical (unpaired) electrons. The van der Waals surface area contributed by atoms with E-state index in [1.807, 2.05) is 14.1 Å². The molecule has 1 aliphatic rings. The van der Waals surface area contributed by atoms with Crippen LogP contribution in [0.4, 0.5) is 0 Å². The van der Waals surface area contributed by atoms with Crippen LogP contribution in [0.3, 0.4) is 0 Å². The Bertz CT molecular complexity index is 362. The van der Waals surface area contributed by atoms with Crippen LogP contribution in [0.1, 0.15) is 17.7 Å². The van der Waals surface area contributed by atoms with Crippen molar-refractivity contribution in [2.75, 3.05) is 27.2 Å². The first-order chi connectivity index (χ1) is 8.18. The zero-order chi connectivity index (χ0) is 12.3. The van der Waals surface area contributed by atoms with E-state index in [4.69, 9.17) is 0 Å². The minimum atomic E-state index is 0.116. The van der Waals surface area contributed by atoms with Crippen molar-refractivity contribution in [3.63, 3.8) is 0 Å². The molecule has 1 aromatic heterocycles. The summed E-state index contributed by atoms with van der Waals surface area (Å²) in [5.74, 6) is 0.258. The van der Waals surface area contributed by atoms with Gasteiger partial charge in [0.15, 0.2) is 0 Å². The van der Waals surface area contributed by atoms with Gasteiger partial charge in [-0.25, -0.2) is 0 Å². The molecular weight excluding hydrogens is 232 g/mol. The maximum absolute atomic E-state index is 12.0. The monoisotopic (exact) mass is 252 g/mol. The van der Waals surface area contributed by atoms with Gasteiger partial charge in [0.2, 0.25) is 5.91 Å². The minimum absolute atomic E-state index is 0.116. The number of amides is 1. The molecule has 4 heteroatoms. The molecule has 0 bridgehead atoms. The van der Waals surface area contributed by atoms with Gasteiger partial charge >= 0.3 is 0 Å². The number of thiophene rings is 1. The van der Waals surface area contributed by atoms with Gasteiger partial charge < -0.3 is 4.90 Å². The molecule has 0 saturated carbocycles. The first-order valence-electron chi connectivity index (χ1n) is 6.16. The van der Waals surface area contributed by atoms with Crippen molar-refractivity contribution in [1.82, 2.24) is 9.80 Å². The van der Waals surface area contributed by atoms with Crippen LogP contribution >= 0.6 is 11.3 Å². The fourth-order valence-electron chi connectivity index (χ4n) is 2.38. The largest absolute Gasteiger partial charge is 0.347 e. The van der Waals surface area contributed by atoms with E-state index in [2.05, 4.69) is 22.4 Å². The SMILES string of the molecule is CN(C)C(=O)[C@@H]1CCCN1CCc1cccs1. The molecule has 1 atom stereocenters. The summed E-state index contributed by atoms with van der Waals surface area (Å²) in [6, 6.07) is 4.38. The van der Waals surface area contributed by atoms with E-state index in [1.54, 1.807) is 16.2 Å². The fourth-order valence-corrected chi connectivity index (χ4v) is 3.08. The summed E-state index contributed by atoms with van der Waals surface area (Å²) in [4.78, 5) is 17.5. The van der Waals surface area contributed by atoms with E-state index in [1.165, 1.54) is 4.88 Å². The van der Waals surface area contributed by atoms with Gasteiger partial charge in [0.05, 0.1) is 6.04 Å². The number of hydrogen-bond acceptors (Lipinski definition) is 3. The molecule has 0 aliphatic carbocycles. The number of rotatable bonds is 4. The van der Waals surface area contributed by atoms with Gasteiger partial charge in [0, 0.05) is 25.5 Å². The van der Waals surface area contributed by atoms with Gasteiger partial charge in [-0.05, 0) is 37.3 Å². The lowest BCUT2D eigenvalue weighted by Crippen LogP contribution is -2.43. The molecule has 2 heterocycles. The Morgan fingerprint density at radius 2 is 2.41 bits per heavy atom. The van der Waals surface area contributed by atoms with E-state index in [0.29, 0.717) is 0 Å². The average Bonchev–Trinajstić information content (AvgIpc) is 2.96. The molecular formula is C13H20N2OS. The van der Waals surface area contributed by atoms with Gasteiger partial charge in [-0.2, -0.15) is 0 Å². The smallest absolute Gasteiger partial charge is 0.239 e. The number of likely N-dealkylation sites (N-methyl/N-ethyl adjacent to an activating group) is 1. The lowest BCUT2D eigenvalue weighted by atomic mass is 10.2. The minimum Gasteiger partial charge on any atom is -0.347 e. The molecule has 3 nitrogen and oxygen atoms in total.